The Bertz CT molecular complexity index is 991. The van der Waals surface area contributed by atoms with Crippen molar-refractivity contribution in [1.82, 2.24) is 4.98 Å². The van der Waals surface area contributed by atoms with Crippen LogP contribution in [0.25, 0.3) is 10.2 Å². The summed E-state index contributed by atoms with van der Waals surface area (Å²) < 4.78 is 1.27. The highest BCUT2D eigenvalue weighted by Crippen LogP contribution is 2.27. The van der Waals surface area contributed by atoms with Gasteiger partial charge >= 0.3 is 0 Å². The summed E-state index contributed by atoms with van der Waals surface area (Å²) in [6.45, 7) is 8.21. The van der Waals surface area contributed by atoms with Gasteiger partial charge in [0.25, 0.3) is 5.91 Å². The second kappa shape index (κ2) is 7.86. The standard InChI is InChI=1S/C23H26N4OS/c1-17(23(28)27-11-10-18-6-2-4-8-20(18)27)26-14-12-25(13-15-26)16-22-24-19-7-3-5-9-21(19)29-22/h2-9,17H,10-16H2,1H3/p+2/t17-/m1/s1. The average molecular weight is 409 g/mol. The van der Waals surface area contributed by atoms with E-state index in [0.717, 1.165) is 56.9 Å². The summed E-state index contributed by atoms with van der Waals surface area (Å²) in [5.41, 5.74) is 3.53. The molecular weight excluding hydrogens is 380 g/mol. The van der Waals surface area contributed by atoms with Gasteiger partial charge in [-0.15, -0.1) is 11.3 Å². The molecule has 0 spiro atoms. The zero-order valence-corrected chi connectivity index (χ0v) is 17.7. The molecule has 2 N–H and O–H groups in total. The first kappa shape index (κ1) is 18.7. The van der Waals surface area contributed by atoms with E-state index in [4.69, 9.17) is 4.98 Å². The Morgan fingerprint density at radius 1 is 1.10 bits per heavy atom. The van der Waals surface area contributed by atoms with Crippen molar-refractivity contribution in [3.05, 3.63) is 59.1 Å². The number of nitrogens with zero attached hydrogens (tertiary/aromatic N) is 2. The van der Waals surface area contributed by atoms with Crippen molar-refractivity contribution in [1.29, 1.82) is 0 Å². The molecule has 0 radical (unpaired) electrons. The van der Waals surface area contributed by atoms with Gasteiger partial charge in [-0.2, -0.15) is 0 Å². The fourth-order valence-corrected chi connectivity index (χ4v) is 5.76. The van der Waals surface area contributed by atoms with Crippen LogP contribution in [0.15, 0.2) is 48.5 Å². The van der Waals surface area contributed by atoms with Crippen molar-refractivity contribution in [3.63, 3.8) is 0 Å². The van der Waals surface area contributed by atoms with Gasteiger partial charge in [0.2, 0.25) is 0 Å². The summed E-state index contributed by atoms with van der Waals surface area (Å²) in [4.78, 5) is 23.0. The zero-order valence-electron chi connectivity index (χ0n) is 16.9. The molecule has 29 heavy (non-hydrogen) atoms. The fraction of sp³-hybridized carbons (Fsp3) is 0.391. The van der Waals surface area contributed by atoms with Crippen molar-refractivity contribution in [2.75, 3.05) is 37.6 Å². The maximum atomic E-state index is 13.2. The number of amides is 1. The highest BCUT2D eigenvalue weighted by molar-refractivity contribution is 7.18. The number of fused-ring (bicyclic) bond motifs is 2. The Morgan fingerprint density at radius 2 is 1.86 bits per heavy atom. The normalized spacial score (nSPS) is 22.6. The number of para-hydroxylation sites is 2. The van der Waals surface area contributed by atoms with E-state index >= 15 is 0 Å². The third-order valence-corrected chi connectivity index (χ3v) is 7.51. The van der Waals surface area contributed by atoms with Crippen LogP contribution in [0, 0.1) is 0 Å². The molecule has 0 saturated carbocycles. The molecule has 1 atom stereocenters. The van der Waals surface area contributed by atoms with Gasteiger partial charge in [0.1, 0.15) is 37.7 Å². The Morgan fingerprint density at radius 3 is 2.69 bits per heavy atom. The molecule has 3 aromatic rings. The molecule has 0 bridgehead atoms. The van der Waals surface area contributed by atoms with Crippen LogP contribution in [0.3, 0.4) is 0 Å². The Kier molecular flexibility index (Phi) is 5.08. The number of rotatable bonds is 4. The van der Waals surface area contributed by atoms with Crippen molar-refractivity contribution in [2.45, 2.75) is 25.9 Å². The summed E-state index contributed by atoms with van der Waals surface area (Å²) >= 11 is 1.81. The maximum absolute atomic E-state index is 13.2. The van der Waals surface area contributed by atoms with Crippen LogP contribution in [-0.2, 0) is 17.8 Å². The molecule has 5 nitrogen and oxygen atoms in total. The molecule has 1 aromatic heterocycles. The molecular formula is C23H28N4OS+2. The van der Waals surface area contributed by atoms with Gasteiger partial charge in [-0.25, -0.2) is 4.98 Å². The number of quaternary nitrogens is 2. The van der Waals surface area contributed by atoms with Gasteiger partial charge in [0.05, 0.1) is 10.2 Å². The van der Waals surface area contributed by atoms with Gasteiger partial charge in [0.15, 0.2) is 6.04 Å². The van der Waals surface area contributed by atoms with Gasteiger partial charge in [-0.1, -0.05) is 30.3 Å². The summed E-state index contributed by atoms with van der Waals surface area (Å²) in [5.74, 6) is 0.277. The summed E-state index contributed by atoms with van der Waals surface area (Å²) in [6.07, 6.45) is 0.976. The quantitative estimate of drug-likeness (QED) is 0.662. The smallest absolute Gasteiger partial charge is 0.284 e. The first-order valence-corrected chi connectivity index (χ1v) is 11.4. The number of aromatic nitrogens is 1. The first-order valence-electron chi connectivity index (χ1n) is 10.6. The van der Waals surface area contributed by atoms with Crippen molar-refractivity contribution >= 4 is 33.1 Å². The molecule has 5 rings (SSSR count). The SMILES string of the molecule is C[C@H](C(=O)N1CCc2ccccc21)[NH+]1CC[NH+](Cc2nc3ccccc3s2)CC1. The third-order valence-electron chi connectivity index (χ3n) is 6.47. The Hall–Kier alpha value is -2.28. The second-order valence-corrected chi connectivity index (χ2v) is 9.37. The number of piperazine rings is 1. The van der Waals surface area contributed by atoms with Crippen LogP contribution in [0.4, 0.5) is 5.69 Å². The monoisotopic (exact) mass is 408 g/mol. The summed E-state index contributed by atoms with van der Waals surface area (Å²) in [6, 6.07) is 16.7. The molecule has 0 unspecified atom stereocenters. The van der Waals surface area contributed by atoms with E-state index in [0.29, 0.717) is 0 Å². The largest absolute Gasteiger partial charge is 0.320 e. The maximum Gasteiger partial charge on any atom is 0.284 e. The van der Waals surface area contributed by atoms with Crippen LogP contribution < -0.4 is 14.7 Å². The van der Waals surface area contributed by atoms with E-state index in [-0.39, 0.29) is 11.9 Å². The number of hydrogen-bond donors (Lipinski definition) is 2. The predicted molar refractivity (Wildman–Crippen MR) is 117 cm³/mol. The topological polar surface area (TPSA) is 42.1 Å². The number of carbonyl (C=O) groups is 1. The first-order chi connectivity index (χ1) is 14.2. The molecule has 2 aliphatic rings. The van der Waals surface area contributed by atoms with Crippen molar-refractivity contribution in [2.24, 2.45) is 0 Å². The van der Waals surface area contributed by atoms with Crippen LogP contribution in [-0.4, -0.2) is 49.7 Å². The minimum atomic E-state index is 0.0187. The molecule has 150 valence electrons. The minimum Gasteiger partial charge on any atom is -0.320 e. The summed E-state index contributed by atoms with van der Waals surface area (Å²) in [5, 5.41) is 1.22. The van der Waals surface area contributed by atoms with E-state index in [1.165, 1.54) is 20.2 Å². The average Bonchev–Trinajstić information content (AvgIpc) is 3.37. The number of anilines is 1. The zero-order chi connectivity index (χ0) is 19.8. The lowest BCUT2D eigenvalue weighted by atomic mass is 10.1. The molecule has 1 fully saturated rings. The van der Waals surface area contributed by atoms with Gasteiger partial charge in [0, 0.05) is 12.2 Å². The van der Waals surface area contributed by atoms with Crippen LogP contribution in [0.1, 0.15) is 17.5 Å². The lowest BCUT2D eigenvalue weighted by Crippen LogP contribution is -3.29. The number of nitrogens with one attached hydrogen (secondary N) is 2. The third kappa shape index (κ3) is 3.68. The van der Waals surface area contributed by atoms with Gasteiger partial charge in [-0.3, -0.25) is 4.79 Å². The molecule has 1 saturated heterocycles. The number of carbonyl (C=O) groups excluding carboxylic acids is 1. The highest BCUT2D eigenvalue weighted by Gasteiger charge is 2.36. The molecule has 3 heterocycles. The van der Waals surface area contributed by atoms with Crippen LogP contribution >= 0.6 is 11.3 Å². The molecule has 0 aliphatic carbocycles. The number of thiazole rings is 1. The van der Waals surface area contributed by atoms with Gasteiger partial charge in [-0.05, 0) is 37.1 Å². The van der Waals surface area contributed by atoms with E-state index in [1.807, 2.05) is 22.3 Å². The molecule has 1 amide bonds. The van der Waals surface area contributed by atoms with Crippen LogP contribution in [0.2, 0.25) is 0 Å². The minimum absolute atomic E-state index is 0.0187. The second-order valence-electron chi connectivity index (χ2n) is 8.25. The Balaban J connectivity index is 1.18. The fourth-order valence-electron chi connectivity index (χ4n) is 4.72. The van der Waals surface area contributed by atoms with Crippen molar-refractivity contribution < 1.29 is 14.6 Å². The lowest BCUT2D eigenvalue weighted by molar-refractivity contribution is -1.02. The highest BCUT2D eigenvalue weighted by atomic mass is 32.1. The Labute approximate surface area is 175 Å². The van der Waals surface area contributed by atoms with E-state index < -0.39 is 0 Å². The van der Waals surface area contributed by atoms with Crippen molar-refractivity contribution in [3.8, 4) is 0 Å². The molecule has 2 aliphatic heterocycles. The van der Waals surface area contributed by atoms with Gasteiger partial charge < -0.3 is 14.7 Å². The number of benzene rings is 2. The van der Waals surface area contributed by atoms with Crippen LogP contribution in [0.5, 0.6) is 0 Å². The van der Waals surface area contributed by atoms with E-state index in [2.05, 4.69) is 49.4 Å². The summed E-state index contributed by atoms with van der Waals surface area (Å²) in [7, 11) is 0. The van der Waals surface area contributed by atoms with E-state index in [9.17, 15) is 4.79 Å². The molecule has 2 aromatic carbocycles. The lowest BCUT2D eigenvalue weighted by Gasteiger charge is -2.33. The molecule has 6 heteroatoms. The number of hydrogen-bond acceptors (Lipinski definition) is 3. The predicted octanol–water partition coefficient (Wildman–Crippen LogP) is 0.558. The van der Waals surface area contributed by atoms with E-state index in [1.54, 1.807) is 4.90 Å².